The summed E-state index contributed by atoms with van der Waals surface area (Å²) in [5.74, 6) is 0. The van der Waals surface area contributed by atoms with E-state index in [1.165, 1.54) is 12.1 Å². The van der Waals surface area contributed by atoms with Crippen LogP contribution in [0.4, 0.5) is 23.7 Å². The molecule has 2 amide bonds. The molecule has 4 rings (SSSR count). The number of likely N-dealkylation sites (tertiary alicyclic amines) is 1. The SMILES string of the molecule is Cc1cccc(NC(=O)N2CCC3(CC2)CC(c2ccc(C(F)(F)F)cc2)=NO3)c1. The van der Waals surface area contributed by atoms with Crippen LogP contribution in [0.25, 0.3) is 0 Å². The zero-order chi connectivity index (χ0) is 21.4. The van der Waals surface area contributed by atoms with Gasteiger partial charge in [0.05, 0.1) is 11.3 Å². The Hall–Kier alpha value is -3.03. The molecule has 0 unspecified atom stereocenters. The smallest absolute Gasteiger partial charge is 0.388 e. The number of carbonyl (C=O) groups is 1. The van der Waals surface area contributed by atoms with Crippen LogP contribution in [-0.2, 0) is 11.0 Å². The number of nitrogens with one attached hydrogen (secondary N) is 1. The number of alkyl halides is 3. The van der Waals surface area contributed by atoms with E-state index in [4.69, 9.17) is 4.84 Å². The molecule has 2 aromatic carbocycles. The Morgan fingerprint density at radius 2 is 1.83 bits per heavy atom. The standard InChI is InChI=1S/C22H22F3N3O2/c1-15-3-2-4-18(13-15)26-20(29)28-11-9-21(10-12-28)14-19(27-30-21)16-5-7-17(8-6-16)22(23,24)25/h2-8,13H,9-12,14H2,1H3,(H,26,29). The summed E-state index contributed by atoms with van der Waals surface area (Å²) in [5.41, 5.74) is 1.90. The number of rotatable bonds is 2. The molecule has 0 radical (unpaired) electrons. The van der Waals surface area contributed by atoms with Gasteiger partial charge in [-0.1, -0.05) is 29.4 Å². The van der Waals surface area contributed by atoms with Crippen molar-refractivity contribution in [2.45, 2.75) is 38.0 Å². The summed E-state index contributed by atoms with van der Waals surface area (Å²) in [6.07, 6.45) is -2.62. The molecule has 30 heavy (non-hydrogen) atoms. The Bertz CT molecular complexity index is 962. The van der Waals surface area contributed by atoms with Gasteiger partial charge in [-0.15, -0.1) is 0 Å². The van der Waals surface area contributed by atoms with Gasteiger partial charge in [-0.25, -0.2) is 4.79 Å². The van der Waals surface area contributed by atoms with E-state index in [2.05, 4.69) is 10.5 Å². The van der Waals surface area contributed by atoms with Gasteiger partial charge in [-0.05, 0) is 42.3 Å². The number of anilines is 1. The molecule has 2 aromatic rings. The molecule has 0 bridgehead atoms. The number of aryl methyl sites for hydroxylation is 1. The number of urea groups is 1. The van der Waals surface area contributed by atoms with Gasteiger partial charge in [0.2, 0.25) is 0 Å². The highest BCUT2D eigenvalue weighted by Crippen LogP contribution is 2.37. The van der Waals surface area contributed by atoms with E-state index in [1.807, 2.05) is 31.2 Å². The molecule has 1 spiro atoms. The molecule has 1 fully saturated rings. The van der Waals surface area contributed by atoms with Gasteiger partial charge in [-0.2, -0.15) is 13.2 Å². The number of nitrogens with zero attached hydrogens (tertiary/aromatic N) is 2. The molecular formula is C22H22F3N3O2. The second-order valence-corrected chi connectivity index (χ2v) is 7.85. The molecule has 158 valence electrons. The number of piperidine rings is 1. The maximum atomic E-state index is 12.7. The fourth-order valence-electron chi connectivity index (χ4n) is 3.84. The topological polar surface area (TPSA) is 53.9 Å². The van der Waals surface area contributed by atoms with Gasteiger partial charge in [0.15, 0.2) is 0 Å². The second-order valence-electron chi connectivity index (χ2n) is 7.85. The highest BCUT2D eigenvalue weighted by atomic mass is 19.4. The number of hydrogen-bond donors (Lipinski definition) is 1. The van der Waals surface area contributed by atoms with E-state index < -0.39 is 17.3 Å². The summed E-state index contributed by atoms with van der Waals surface area (Å²) in [7, 11) is 0. The van der Waals surface area contributed by atoms with Crippen LogP contribution in [-0.4, -0.2) is 35.3 Å². The van der Waals surface area contributed by atoms with E-state index in [0.29, 0.717) is 43.6 Å². The van der Waals surface area contributed by atoms with Crippen LogP contribution in [0.1, 0.15) is 36.0 Å². The maximum absolute atomic E-state index is 12.7. The fraction of sp³-hybridized carbons (Fsp3) is 0.364. The summed E-state index contributed by atoms with van der Waals surface area (Å²) in [4.78, 5) is 20.0. The van der Waals surface area contributed by atoms with Crippen molar-refractivity contribution in [3.8, 4) is 0 Å². The summed E-state index contributed by atoms with van der Waals surface area (Å²) < 4.78 is 38.2. The molecule has 2 heterocycles. The normalized spacial score (nSPS) is 18.1. The summed E-state index contributed by atoms with van der Waals surface area (Å²) >= 11 is 0. The monoisotopic (exact) mass is 417 g/mol. The van der Waals surface area contributed by atoms with E-state index in [0.717, 1.165) is 23.4 Å². The largest absolute Gasteiger partial charge is 0.416 e. The predicted octanol–water partition coefficient (Wildman–Crippen LogP) is 5.20. The van der Waals surface area contributed by atoms with Gasteiger partial charge in [0, 0.05) is 38.0 Å². The molecule has 1 N–H and O–H groups in total. The van der Waals surface area contributed by atoms with Crippen molar-refractivity contribution >= 4 is 17.4 Å². The zero-order valence-electron chi connectivity index (χ0n) is 16.5. The number of amides is 2. The molecule has 2 aliphatic rings. The third kappa shape index (κ3) is 4.27. The van der Waals surface area contributed by atoms with Crippen molar-refractivity contribution in [1.29, 1.82) is 0 Å². The summed E-state index contributed by atoms with van der Waals surface area (Å²) in [6, 6.07) is 12.4. The van der Waals surface area contributed by atoms with E-state index in [9.17, 15) is 18.0 Å². The van der Waals surface area contributed by atoms with Crippen LogP contribution in [0.15, 0.2) is 53.7 Å². The average molecular weight is 417 g/mol. The predicted molar refractivity (Wildman–Crippen MR) is 107 cm³/mol. The average Bonchev–Trinajstić information content (AvgIpc) is 3.11. The Kier molecular flexibility index (Phi) is 5.17. The van der Waals surface area contributed by atoms with Crippen molar-refractivity contribution in [1.82, 2.24) is 4.90 Å². The first-order chi connectivity index (χ1) is 14.2. The van der Waals surface area contributed by atoms with Crippen LogP contribution in [0.2, 0.25) is 0 Å². The first-order valence-electron chi connectivity index (χ1n) is 9.79. The minimum absolute atomic E-state index is 0.155. The number of benzene rings is 2. The summed E-state index contributed by atoms with van der Waals surface area (Å²) in [5, 5.41) is 7.05. The van der Waals surface area contributed by atoms with Crippen molar-refractivity contribution in [2.24, 2.45) is 5.16 Å². The first kappa shape index (κ1) is 20.3. The number of oxime groups is 1. The number of hydrogen-bond acceptors (Lipinski definition) is 3. The Morgan fingerprint density at radius 3 is 2.47 bits per heavy atom. The maximum Gasteiger partial charge on any atom is 0.416 e. The van der Waals surface area contributed by atoms with Gasteiger partial charge in [0.1, 0.15) is 5.60 Å². The van der Waals surface area contributed by atoms with Crippen LogP contribution < -0.4 is 5.32 Å². The molecule has 0 saturated carbocycles. The molecule has 8 heteroatoms. The molecule has 0 atom stereocenters. The number of carbonyl (C=O) groups excluding carboxylic acids is 1. The lowest BCUT2D eigenvalue weighted by Gasteiger charge is -2.37. The van der Waals surface area contributed by atoms with E-state index in [1.54, 1.807) is 4.90 Å². The number of halogens is 3. The van der Waals surface area contributed by atoms with Crippen molar-refractivity contribution in [3.63, 3.8) is 0 Å². The van der Waals surface area contributed by atoms with Crippen molar-refractivity contribution in [3.05, 3.63) is 65.2 Å². The fourth-order valence-corrected chi connectivity index (χ4v) is 3.84. The third-order valence-corrected chi connectivity index (χ3v) is 5.62. The minimum Gasteiger partial charge on any atom is -0.388 e. The molecule has 0 aliphatic carbocycles. The lowest BCUT2D eigenvalue weighted by Crippen LogP contribution is -2.48. The molecule has 5 nitrogen and oxygen atoms in total. The van der Waals surface area contributed by atoms with Gasteiger partial charge in [0.25, 0.3) is 0 Å². The van der Waals surface area contributed by atoms with Crippen molar-refractivity contribution in [2.75, 3.05) is 18.4 Å². The van der Waals surface area contributed by atoms with E-state index >= 15 is 0 Å². The Balaban J connectivity index is 1.34. The van der Waals surface area contributed by atoms with Gasteiger partial charge >= 0.3 is 12.2 Å². The van der Waals surface area contributed by atoms with Crippen LogP contribution in [0.5, 0.6) is 0 Å². The highest BCUT2D eigenvalue weighted by molar-refractivity contribution is 6.01. The van der Waals surface area contributed by atoms with Crippen molar-refractivity contribution < 1.29 is 22.8 Å². The van der Waals surface area contributed by atoms with Gasteiger partial charge < -0.3 is 15.1 Å². The lowest BCUT2D eigenvalue weighted by atomic mass is 9.85. The Morgan fingerprint density at radius 1 is 1.13 bits per heavy atom. The zero-order valence-corrected chi connectivity index (χ0v) is 16.5. The van der Waals surface area contributed by atoms with Crippen LogP contribution >= 0.6 is 0 Å². The molecule has 2 aliphatic heterocycles. The Labute approximate surface area is 172 Å². The summed E-state index contributed by atoms with van der Waals surface area (Å²) in [6.45, 7) is 3.01. The molecular weight excluding hydrogens is 395 g/mol. The second kappa shape index (κ2) is 7.66. The molecule has 0 aromatic heterocycles. The first-order valence-corrected chi connectivity index (χ1v) is 9.79. The van der Waals surface area contributed by atoms with Gasteiger partial charge in [-0.3, -0.25) is 0 Å². The highest BCUT2D eigenvalue weighted by Gasteiger charge is 2.43. The third-order valence-electron chi connectivity index (χ3n) is 5.62. The molecule has 1 saturated heterocycles. The van der Waals surface area contributed by atoms with Crippen LogP contribution in [0.3, 0.4) is 0 Å². The quantitative estimate of drug-likeness (QED) is 0.730. The minimum atomic E-state index is -4.36. The van der Waals surface area contributed by atoms with E-state index in [-0.39, 0.29) is 6.03 Å². The van der Waals surface area contributed by atoms with Crippen LogP contribution in [0, 0.1) is 6.92 Å². The lowest BCUT2D eigenvalue weighted by molar-refractivity contribution is -0.137.